The molecule has 1 atom stereocenters. The minimum atomic E-state index is 0.192. The molecule has 1 aliphatic carbocycles. The van der Waals surface area contributed by atoms with Crippen LogP contribution in [0.5, 0.6) is 0 Å². The van der Waals surface area contributed by atoms with E-state index in [1.807, 2.05) is 12.1 Å². The number of nitrogens with one attached hydrogen (secondary N) is 1. The molecule has 1 fully saturated rings. The molecule has 1 saturated carbocycles. The van der Waals surface area contributed by atoms with Gasteiger partial charge in [0.1, 0.15) is 11.3 Å². The second kappa shape index (κ2) is 5.51. The van der Waals surface area contributed by atoms with Gasteiger partial charge in [0, 0.05) is 23.0 Å². The van der Waals surface area contributed by atoms with Crippen LogP contribution in [-0.4, -0.2) is 18.3 Å². The van der Waals surface area contributed by atoms with E-state index in [4.69, 9.17) is 9.52 Å². The van der Waals surface area contributed by atoms with Crippen LogP contribution in [0.15, 0.2) is 33.2 Å². The van der Waals surface area contributed by atoms with Gasteiger partial charge in [0.15, 0.2) is 0 Å². The molecule has 3 nitrogen and oxygen atoms in total. The van der Waals surface area contributed by atoms with Gasteiger partial charge in [-0.05, 0) is 55.9 Å². The van der Waals surface area contributed by atoms with Crippen molar-refractivity contribution in [1.82, 2.24) is 5.32 Å². The second-order valence-corrected chi connectivity index (χ2v) is 6.82. The van der Waals surface area contributed by atoms with Crippen molar-refractivity contribution >= 4 is 26.9 Å². The number of hydrogen-bond donors (Lipinski definition) is 2. The summed E-state index contributed by atoms with van der Waals surface area (Å²) in [6.45, 7) is 3.37. The van der Waals surface area contributed by atoms with Crippen LogP contribution in [-0.2, 0) is 0 Å². The van der Waals surface area contributed by atoms with Gasteiger partial charge >= 0.3 is 0 Å². The van der Waals surface area contributed by atoms with E-state index in [1.54, 1.807) is 0 Å². The van der Waals surface area contributed by atoms with Crippen LogP contribution in [0.2, 0.25) is 0 Å². The molecule has 1 heterocycles. The summed E-state index contributed by atoms with van der Waals surface area (Å²) in [4.78, 5) is 0. The Bertz CT molecular complexity index is 604. The van der Waals surface area contributed by atoms with Crippen LogP contribution >= 0.6 is 15.9 Å². The van der Waals surface area contributed by atoms with Crippen LogP contribution in [0.3, 0.4) is 0 Å². The number of hydrogen-bond acceptors (Lipinski definition) is 3. The molecule has 0 saturated heterocycles. The highest BCUT2D eigenvalue weighted by Crippen LogP contribution is 2.48. The Morgan fingerprint density at radius 1 is 1.40 bits per heavy atom. The molecule has 0 spiro atoms. The molecule has 1 unspecified atom stereocenters. The van der Waals surface area contributed by atoms with Crippen molar-refractivity contribution in [3.63, 3.8) is 0 Å². The maximum atomic E-state index is 9.09. The predicted octanol–water partition coefficient (Wildman–Crippen LogP) is 4.01. The first kappa shape index (κ1) is 14.1. The van der Waals surface area contributed by atoms with Crippen molar-refractivity contribution in [3.8, 4) is 0 Å². The summed E-state index contributed by atoms with van der Waals surface area (Å²) in [6.07, 6.45) is 3.35. The zero-order valence-electron chi connectivity index (χ0n) is 11.7. The highest BCUT2D eigenvalue weighted by molar-refractivity contribution is 9.10. The van der Waals surface area contributed by atoms with Crippen LogP contribution in [0.1, 0.15) is 38.0 Å². The fraction of sp³-hybridized carbons (Fsp3) is 0.500. The van der Waals surface area contributed by atoms with Crippen LogP contribution < -0.4 is 5.32 Å². The van der Waals surface area contributed by atoms with Crippen LogP contribution in [0.4, 0.5) is 0 Å². The van der Waals surface area contributed by atoms with E-state index in [0.29, 0.717) is 5.41 Å². The van der Waals surface area contributed by atoms with E-state index in [2.05, 4.69) is 40.3 Å². The zero-order chi connectivity index (χ0) is 14.2. The number of furan rings is 1. The maximum absolute atomic E-state index is 9.09. The Hall–Kier alpha value is -0.840. The number of fused-ring (bicyclic) bond motifs is 1. The fourth-order valence-corrected chi connectivity index (χ4v) is 3.03. The summed E-state index contributed by atoms with van der Waals surface area (Å²) in [5.74, 6) is 0.970. The van der Waals surface area contributed by atoms with Gasteiger partial charge in [-0.1, -0.05) is 15.9 Å². The fourth-order valence-electron chi connectivity index (χ4n) is 2.65. The van der Waals surface area contributed by atoms with Crippen molar-refractivity contribution < 1.29 is 9.52 Å². The van der Waals surface area contributed by atoms with Crippen LogP contribution in [0.25, 0.3) is 11.0 Å². The first-order valence-electron chi connectivity index (χ1n) is 7.15. The lowest BCUT2D eigenvalue weighted by Crippen LogP contribution is -2.27. The smallest absolute Gasteiger partial charge is 0.134 e. The van der Waals surface area contributed by atoms with E-state index in [1.165, 1.54) is 12.8 Å². The minimum absolute atomic E-state index is 0.192. The van der Waals surface area contributed by atoms with Crippen molar-refractivity contribution in [2.75, 3.05) is 13.2 Å². The second-order valence-electron chi connectivity index (χ2n) is 5.91. The number of rotatable bonds is 6. The highest BCUT2D eigenvalue weighted by atomic mass is 79.9. The quantitative estimate of drug-likeness (QED) is 0.837. The van der Waals surface area contributed by atoms with Crippen molar-refractivity contribution in [1.29, 1.82) is 0 Å². The first-order chi connectivity index (χ1) is 9.62. The number of aliphatic hydroxyl groups excluding tert-OH is 1. The zero-order valence-corrected chi connectivity index (χ0v) is 13.2. The standard InChI is InChI=1S/C16H20BrNO2/c1-11(18-10-16(4-5-16)6-7-19)15-9-12-8-13(17)2-3-14(12)20-15/h2-3,8-9,11,18-19H,4-7,10H2,1H3. The van der Waals surface area contributed by atoms with Gasteiger partial charge in [0.05, 0.1) is 6.04 Å². The van der Waals surface area contributed by atoms with Crippen molar-refractivity contribution in [2.45, 2.75) is 32.2 Å². The molecular weight excluding hydrogens is 318 g/mol. The molecule has 0 aliphatic heterocycles. The van der Waals surface area contributed by atoms with Crippen molar-refractivity contribution in [2.24, 2.45) is 5.41 Å². The minimum Gasteiger partial charge on any atom is -0.459 e. The Labute approximate surface area is 127 Å². The summed E-state index contributed by atoms with van der Waals surface area (Å²) in [6, 6.07) is 8.35. The highest BCUT2D eigenvalue weighted by Gasteiger charge is 2.41. The Kier molecular flexibility index (Phi) is 3.89. The molecule has 20 heavy (non-hydrogen) atoms. The third-order valence-corrected chi connectivity index (χ3v) is 4.80. The van der Waals surface area contributed by atoms with E-state index < -0.39 is 0 Å². The molecule has 4 heteroatoms. The van der Waals surface area contributed by atoms with Crippen molar-refractivity contribution in [3.05, 3.63) is 34.5 Å². The molecule has 0 amide bonds. The topological polar surface area (TPSA) is 45.4 Å². The molecule has 3 rings (SSSR count). The Morgan fingerprint density at radius 3 is 2.90 bits per heavy atom. The van der Waals surface area contributed by atoms with Gasteiger partial charge in [-0.3, -0.25) is 0 Å². The molecule has 2 N–H and O–H groups in total. The van der Waals surface area contributed by atoms with Gasteiger partial charge in [-0.15, -0.1) is 0 Å². The largest absolute Gasteiger partial charge is 0.459 e. The molecular formula is C16H20BrNO2. The summed E-state index contributed by atoms with van der Waals surface area (Å²) in [7, 11) is 0. The summed E-state index contributed by atoms with van der Waals surface area (Å²) >= 11 is 3.48. The van der Waals surface area contributed by atoms with Gasteiger partial charge < -0.3 is 14.8 Å². The average molecular weight is 338 g/mol. The van der Waals surface area contributed by atoms with Gasteiger partial charge in [-0.25, -0.2) is 0 Å². The number of benzene rings is 1. The van der Waals surface area contributed by atoms with E-state index in [0.717, 1.165) is 34.2 Å². The number of aliphatic hydroxyl groups is 1. The number of halogens is 1. The molecule has 0 bridgehead atoms. The average Bonchev–Trinajstić information content (AvgIpc) is 3.06. The van der Waals surface area contributed by atoms with Gasteiger partial charge in [0.2, 0.25) is 0 Å². The first-order valence-corrected chi connectivity index (χ1v) is 7.94. The van der Waals surface area contributed by atoms with E-state index in [-0.39, 0.29) is 12.6 Å². The summed E-state index contributed by atoms with van der Waals surface area (Å²) in [5.41, 5.74) is 1.26. The monoisotopic (exact) mass is 337 g/mol. The lowest BCUT2D eigenvalue weighted by atomic mass is 10.0. The lowest BCUT2D eigenvalue weighted by Gasteiger charge is -2.18. The molecule has 1 aromatic heterocycles. The van der Waals surface area contributed by atoms with E-state index in [9.17, 15) is 0 Å². The molecule has 1 aliphatic rings. The molecule has 2 aromatic rings. The van der Waals surface area contributed by atoms with Crippen LogP contribution in [0, 0.1) is 5.41 Å². The third kappa shape index (κ3) is 2.92. The van der Waals surface area contributed by atoms with E-state index >= 15 is 0 Å². The Balaban J connectivity index is 1.67. The molecule has 108 valence electrons. The van der Waals surface area contributed by atoms with Gasteiger partial charge in [-0.2, -0.15) is 0 Å². The summed E-state index contributed by atoms with van der Waals surface area (Å²) < 4.78 is 6.97. The third-order valence-electron chi connectivity index (χ3n) is 4.31. The summed E-state index contributed by atoms with van der Waals surface area (Å²) in [5, 5.41) is 13.8. The predicted molar refractivity (Wildman–Crippen MR) is 83.7 cm³/mol. The SMILES string of the molecule is CC(NCC1(CCO)CC1)c1cc2cc(Br)ccc2o1. The van der Waals surface area contributed by atoms with Gasteiger partial charge in [0.25, 0.3) is 0 Å². The lowest BCUT2D eigenvalue weighted by molar-refractivity contribution is 0.241. The normalized spacial score (nSPS) is 18.4. The molecule has 0 radical (unpaired) electrons. The maximum Gasteiger partial charge on any atom is 0.134 e. The Morgan fingerprint density at radius 2 is 2.20 bits per heavy atom. The molecule has 1 aromatic carbocycles.